The summed E-state index contributed by atoms with van der Waals surface area (Å²) in [4.78, 5) is 28.1. The highest BCUT2D eigenvalue weighted by Gasteiger charge is 2.20. The zero-order chi connectivity index (χ0) is 19.4. The molecule has 0 aliphatic carbocycles. The number of halogens is 2. The topological polar surface area (TPSA) is 78.7 Å². The van der Waals surface area contributed by atoms with Crippen LogP contribution in [0.2, 0.25) is 9.36 Å². The van der Waals surface area contributed by atoms with Crippen LogP contribution in [-0.4, -0.2) is 53.4 Å². The summed E-state index contributed by atoms with van der Waals surface area (Å²) in [5.74, 6) is -0.191. The molecule has 2 heterocycles. The van der Waals surface area contributed by atoms with Gasteiger partial charge in [-0.2, -0.15) is 0 Å². The minimum absolute atomic E-state index is 0.110. The summed E-state index contributed by atoms with van der Waals surface area (Å²) in [5.41, 5.74) is 0.265. The fourth-order valence-electron chi connectivity index (χ4n) is 2.87. The second-order valence-electron chi connectivity index (χ2n) is 6.23. The lowest BCUT2D eigenvalue weighted by Crippen LogP contribution is -2.48. The number of rotatable bonds is 6. The van der Waals surface area contributed by atoms with Gasteiger partial charge in [-0.1, -0.05) is 23.2 Å². The lowest BCUT2D eigenvalue weighted by atomic mass is 10.2. The minimum atomic E-state index is -0.527. The van der Waals surface area contributed by atoms with Gasteiger partial charge < -0.3 is 5.32 Å². The maximum Gasteiger partial charge on any atom is 0.271 e. The highest BCUT2D eigenvalue weighted by atomic mass is 35.5. The van der Waals surface area contributed by atoms with Gasteiger partial charge in [0.25, 0.3) is 5.69 Å². The second-order valence-corrected chi connectivity index (χ2v) is 8.43. The van der Waals surface area contributed by atoms with E-state index in [1.165, 1.54) is 23.1 Å². The van der Waals surface area contributed by atoms with Gasteiger partial charge in [-0.25, -0.2) is 0 Å². The number of anilines is 1. The smallest absolute Gasteiger partial charge is 0.271 e. The number of nitro benzene ring substituents is 1. The molecule has 1 fully saturated rings. The van der Waals surface area contributed by atoms with Crippen molar-refractivity contribution < 1.29 is 9.72 Å². The summed E-state index contributed by atoms with van der Waals surface area (Å²) in [6, 6.07) is 7.94. The normalized spacial score (nSPS) is 15.6. The molecule has 10 heteroatoms. The van der Waals surface area contributed by atoms with Crippen LogP contribution in [0.5, 0.6) is 0 Å². The van der Waals surface area contributed by atoms with E-state index >= 15 is 0 Å². The first-order valence-corrected chi connectivity index (χ1v) is 9.90. The van der Waals surface area contributed by atoms with Gasteiger partial charge in [0.2, 0.25) is 5.91 Å². The van der Waals surface area contributed by atoms with Gasteiger partial charge in [0.15, 0.2) is 0 Å². The van der Waals surface area contributed by atoms with Gasteiger partial charge in [0.05, 0.1) is 26.5 Å². The van der Waals surface area contributed by atoms with Crippen molar-refractivity contribution in [3.63, 3.8) is 0 Å². The lowest BCUT2D eigenvalue weighted by Gasteiger charge is -2.34. The van der Waals surface area contributed by atoms with Crippen LogP contribution in [0.25, 0.3) is 0 Å². The Morgan fingerprint density at radius 2 is 1.85 bits per heavy atom. The minimum Gasteiger partial charge on any atom is -0.324 e. The Morgan fingerprint density at radius 1 is 1.15 bits per heavy atom. The number of amides is 1. The first-order valence-electron chi connectivity index (χ1n) is 8.33. The molecular weight excluding hydrogens is 411 g/mol. The summed E-state index contributed by atoms with van der Waals surface area (Å²) >= 11 is 13.6. The monoisotopic (exact) mass is 428 g/mol. The Kier molecular flexibility index (Phi) is 6.67. The zero-order valence-electron chi connectivity index (χ0n) is 14.4. The molecule has 1 aliphatic heterocycles. The number of benzene rings is 1. The van der Waals surface area contributed by atoms with Crippen LogP contribution in [-0.2, 0) is 11.3 Å². The number of nitro groups is 1. The van der Waals surface area contributed by atoms with Gasteiger partial charge in [0, 0.05) is 49.7 Å². The number of hydrogen-bond acceptors (Lipinski definition) is 6. The molecule has 3 rings (SSSR count). The van der Waals surface area contributed by atoms with E-state index in [0.29, 0.717) is 5.69 Å². The maximum absolute atomic E-state index is 12.3. The molecule has 1 saturated heterocycles. The van der Waals surface area contributed by atoms with Crippen LogP contribution in [0.4, 0.5) is 11.4 Å². The average Bonchev–Trinajstić information content (AvgIpc) is 3.03. The van der Waals surface area contributed by atoms with Crippen LogP contribution in [0, 0.1) is 10.1 Å². The predicted octanol–water partition coefficient (Wildman–Crippen LogP) is 3.72. The molecule has 1 aromatic carbocycles. The molecule has 1 amide bonds. The molecule has 0 unspecified atom stereocenters. The van der Waals surface area contributed by atoms with Gasteiger partial charge in [-0.3, -0.25) is 24.7 Å². The van der Waals surface area contributed by atoms with Crippen LogP contribution in [0.15, 0.2) is 30.3 Å². The fraction of sp³-hybridized carbons (Fsp3) is 0.353. The van der Waals surface area contributed by atoms with E-state index in [1.807, 2.05) is 12.1 Å². The Hall–Kier alpha value is -1.71. The van der Waals surface area contributed by atoms with E-state index in [0.717, 1.165) is 37.1 Å². The number of non-ortho nitro benzene ring substituents is 1. The number of piperazine rings is 1. The Morgan fingerprint density at radius 3 is 2.44 bits per heavy atom. The molecular formula is C17H18Cl2N4O3S. The van der Waals surface area contributed by atoms with Gasteiger partial charge in [0.1, 0.15) is 0 Å². The molecule has 2 aromatic rings. The van der Waals surface area contributed by atoms with Crippen LogP contribution >= 0.6 is 34.5 Å². The van der Waals surface area contributed by atoms with Crippen molar-refractivity contribution in [3.8, 4) is 0 Å². The van der Waals surface area contributed by atoms with E-state index in [-0.39, 0.29) is 23.2 Å². The molecule has 144 valence electrons. The summed E-state index contributed by atoms with van der Waals surface area (Å²) in [5, 5.41) is 13.6. The van der Waals surface area contributed by atoms with Gasteiger partial charge in [-0.05, 0) is 18.2 Å². The van der Waals surface area contributed by atoms with E-state index in [1.54, 1.807) is 11.3 Å². The van der Waals surface area contributed by atoms with Crippen LogP contribution in [0.3, 0.4) is 0 Å². The number of nitrogens with one attached hydrogen (secondary N) is 1. The molecule has 0 atom stereocenters. The standard InChI is InChI=1S/C17H18Cl2N4O3S/c18-14-9-12(23(25)26)1-3-15(14)20-17(24)11-22-7-5-21(6-8-22)10-13-2-4-16(19)27-13/h1-4,9H,5-8,10-11H2,(H,20,24). The zero-order valence-corrected chi connectivity index (χ0v) is 16.7. The van der Waals surface area contributed by atoms with E-state index in [4.69, 9.17) is 23.2 Å². The number of hydrogen-bond donors (Lipinski definition) is 1. The van der Waals surface area contributed by atoms with Crippen molar-refractivity contribution in [2.45, 2.75) is 6.54 Å². The molecule has 1 aromatic heterocycles. The Labute approximate surface area is 170 Å². The van der Waals surface area contributed by atoms with Gasteiger partial charge >= 0.3 is 0 Å². The van der Waals surface area contributed by atoms with Crippen molar-refractivity contribution in [2.24, 2.45) is 0 Å². The van der Waals surface area contributed by atoms with Crippen molar-refractivity contribution in [3.05, 3.63) is 54.7 Å². The third-order valence-corrected chi connectivity index (χ3v) is 5.81. The largest absolute Gasteiger partial charge is 0.324 e. The molecule has 27 heavy (non-hydrogen) atoms. The lowest BCUT2D eigenvalue weighted by molar-refractivity contribution is -0.384. The number of nitrogens with zero attached hydrogens (tertiary/aromatic N) is 3. The summed E-state index contributed by atoms with van der Waals surface area (Å²) in [6.07, 6.45) is 0. The quantitative estimate of drug-likeness (QED) is 0.560. The SMILES string of the molecule is O=C(CN1CCN(Cc2ccc(Cl)s2)CC1)Nc1ccc([N+](=O)[O-])cc1Cl. The first-order chi connectivity index (χ1) is 12.9. The third-order valence-electron chi connectivity index (χ3n) is 4.28. The average molecular weight is 429 g/mol. The van der Waals surface area contributed by atoms with E-state index in [9.17, 15) is 14.9 Å². The molecule has 0 spiro atoms. The highest BCUT2D eigenvalue weighted by molar-refractivity contribution is 7.16. The number of carbonyl (C=O) groups excluding carboxylic acids is 1. The van der Waals surface area contributed by atoms with Crippen molar-refractivity contribution in [1.82, 2.24) is 9.80 Å². The third kappa shape index (κ3) is 5.63. The molecule has 1 N–H and O–H groups in total. The van der Waals surface area contributed by atoms with Crippen LogP contribution < -0.4 is 5.32 Å². The highest BCUT2D eigenvalue weighted by Crippen LogP contribution is 2.26. The molecule has 7 nitrogen and oxygen atoms in total. The Balaban J connectivity index is 1.46. The molecule has 0 bridgehead atoms. The molecule has 0 saturated carbocycles. The predicted molar refractivity (Wildman–Crippen MR) is 108 cm³/mol. The summed E-state index contributed by atoms with van der Waals surface area (Å²) in [7, 11) is 0. The van der Waals surface area contributed by atoms with Crippen molar-refractivity contribution in [2.75, 3.05) is 38.0 Å². The second kappa shape index (κ2) is 8.99. The Bertz CT molecular complexity index is 837. The first kappa shape index (κ1) is 20.0. The number of thiophene rings is 1. The molecule has 1 aliphatic rings. The van der Waals surface area contributed by atoms with Crippen LogP contribution in [0.1, 0.15) is 4.88 Å². The van der Waals surface area contributed by atoms with Gasteiger partial charge in [-0.15, -0.1) is 11.3 Å². The summed E-state index contributed by atoms with van der Waals surface area (Å²) in [6.45, 7) is 4.46. The fourth-order valence-corrected chi connectivity index (χ4v) is 4.23. The van der Waals surface area contributed by atoms with Crippen molar-refractivity contribution >= 4 is 51.8 Å². The van der Waals surface area contributed by atoms with E-state index in [2.05, 4.69) is 15.1 Å². The number of carbonyl (C=O) groups is 1. The van der Waals surface area contributed by atoms with Crippen molar-refractivity contribution in [1.29, 1.82) is 0 Å². The maximum atomic E-state index is 12.3. The summed E-state index contributed by atoms with van der Waals surface area (Å²) < 4.78 is 0.796. The molecule has 0 radical (unpaired) electrons. The van der Waals surface area contributed by atoms with E-state index < -0.39 is 4.92 Å².